The lowest BCUT2D eigenvalue weighted by Gasteiger charge is -2.26. The van der Waals surface area contributed by atoms with Crippen LogP contribution in [-0.4, -0.2) is 21.3 Å². The summed E-state index contributed by atoms with van der Waals surface area (Å²) in [4.78, 5) is 0. The van der Waals surface area contributed by atoms with Gasteiger partial charge in [0.05, 0.1) is 0 Å². The monoisotopic (exact) mass is 196 g/mol. The SMILES string of the molecule is CCC(C)(CN)c1nncn1C(C)C. The van der Waals surface area contributed by atoms with Gasteiger partial charge in [0.1, 0.15) is 12.2 Å². The normalized spacial score (nSPS) is 15.9. The maximum absolute atomic E-state index is 5.80. The smallest absolute Gasteiger partial charge is 0.140 e. The first-order chi connectivity index (χ1) is 6.55. The number of nitrogens with zero attached hydrogens (tertiary/aromatic N) is 3. The zero-order valence-corrected chi connectivity index (χ0v) is 9.49. The maximum atomic E-state index is 5.80. The first kappa shape index (κ1) is 11.2. The highest BCUT2D eigenvalue weighted by Gasteiger charge is 2.29. The van der Waals surface area contributed by atoms with Crippen LogP contribution >= 0.6 is 0 Å². The molecule has 2 N–H and O–H groups in total. The van der Waals surface area contributed by atoms with Crippen LogP contribution in [0.5, 0.6) is 0 Å². The molecule has 4 heteroatoms. The molecule has 1 heterocycles. The third kappa shape index (κ3) is 1.80. The predicted octanol–water partition coefficient (Wildman–Crippen LogP) is 1.49. The molecule has 14 heavy (non-hydrogen) atoms. The van der Waals surface area contributed by atoms with Crippen molar-refractivity contribution < 1.29 is 0 Å². The van der Waals surface area contributed by atoms with Gasteiger partial charge in [-0.05, 0) is 20.3 Å². The summed E-state index contributed by atoms with van der Waals surface area (Å²) in [7, 11) is 0. The standard InChI is InChI=1S/C10H20N4/c1-5-10(4,6-11)9-13-12-7-14(9)8(2)3/h7-8H,5-6,11H2,1-4H3. The van der Waals surface area contributed by atoms with Crippen molar-refractivity contribution in [1.29, 1.82) is 0 Å². The molecule has 1 aromatic heterocycles. The highest BCUT2D eigenvalue weighted by atomic mass is 15.3. The number of hydrogen-bond acceptors (Lipinski definition) is 3. The van der Waals surface area contributed by atoms with E-state index in [1.54, 1.807) is 6.33 Å². The Hall–Kier alpha value is -0.900. The van der Waals surface area contributed by atoms with Crippen LogP contribution in [-0.2, 0) is 5.41 Å². The summed E-state index contributed by atoms with van der Waals surface area (Å²) < 4.78 is 2.09. The zero-order valence-electron chi connectivity index (χ0n) is 9.49. The molecule has 0 aliphatic rings. The van der Waals surface area contributed by atoms with Gasteiger partial charge in [-0.2, -0.15) is 0 Å². The molecule has 0 bridgehead atoms. The molecule has 1 rings (SSSR count). The van der Waals surface area contributed by atoms with E-state index in [1.807, 2.05) is 0 Å². The Morgan fingerprint density at radius 3 is 2.64 bits per heavy atom. The van der Waals surface area contributed by atoms with E-state index in [2.05, 4.69) is 42.5 Å². The average molecular weight is 196 g/mol. The molecule has 1 unspecified atom stereocenters. The molecule has 1 aromatic rings. The van der Waals surface area contributed by atoms with Gasteiger partial charge in [0, 0.05) is 18.0 Å². The van der Waals surface area contributed by atoms with Gasteiger partial charge in [0.25, 0.3) is 0 Å². The summed E-state index contributed by atoms with van der Waals surface area (Å²) in [6.45, 7) is 9.12. The fourth-order valence-corrected chi connectivity index (χ4v) is 1.45. The van der Waals surface area contributed by atoms with Gasteiger partial charge in [-0.15, -0.1) is 10.2 Å². The van der Waals surface area contributed by atoms with Crippen molar-refractivity contribution in [2.24, 2.45) is 5.73 Å². The quantitative estimate of drug-likeness (QED) is 0.793. The first-order valence-corrected chi connectivity index (χ1v) is 5.15. The van der Waals surface area contributed by atoms with E-state index in [4.69, 9.17) is 5.73 Å². The Kier molecular flexibility index (Phi) is 3.26. The highest BCUT2D eigenvalue weighted by Crippen LogP contribution is 2.25. The third-order valence-corrected chi connectivity index (χ3v) is 2.90. The van der Waals surface area contributed by atoms with Gasteiger partial charge in [0.15, 0.2) is 0 Å². The third-order valence-electron chi connectivity index (χ3n) is 2.90. The second-order valence-electron chi connectivity index (χ2n) is 4.27. The lowest BCUT2D eigenvalue weighted by molar-refractivity contribution is 0.400. The average Bonchev–Trinajstić information content (AvgIpc) is 2.65. The largest absolute Gasteiger partial charge is 0.329 e. The van der Waals surface area contributed by atoms with Crippen molar-refractivity contribution in [2.45, 2.75) is 45.6 Å². The molecule has 4 nitrogen and oxygen atoms in total. The molecule has 0 aromatic carbocycles. The number of hydrogen-bond donors (Lipinski definition) is 1. The minimum absolute atomic E-state index is 0.0548. The van der Waals surface area contributed by atoms with Gasteiger partial charge in [-0.1, -0.05) is 13.8 Å². The van der Waals surface area contributed by atoms with Crippen LogP contribution in [0.25, 0.3) is 0 Å². The molecule has 80 valence electrons. The Morgan fingerprint density at radius 2 is 2.21 bits per heavy atom. The summed E-state index contributed by atoms with van der Waals surface area (Å²) in [5.41, 5.74) is 5.74. The van der Waals surface area contributed by atoms with Gasteiger partial charge in [-0.3, -0.25) is 0 Å². The van der Waals surface area contributed by atoms with Crippen LogP contribution in [0.1, 0.15) is 46.0 Å². The molecule has 0 amide bonds. The Bertz CT molecular complexity index is 286. The molecule has 0 saturated heterocycles. The van der Waals surface area contributed by atoms with E-state index < -0.39 is 0 Å². The fourth-order valence-electron chi connectivity index (χ4n) is 1.45. The van der Waals surface area contributed by atoms with Crippen LogP contribution in [0.2, 0.25) is 0 Å². The molecule has 0 fully saturated rings. The van der Waals surface area contributed by atoms with E-state index in [-0.39, 0.29) is 5.41 Å². The van der Waals surface area contributed by atoms with Crippen LogP contribution in [0.4, 0.5) is 0 Å². The number of rotatable bonds is 4. The van der Waals surface area contributed by atoms with Gasteiger partial charge >= 0.3 is 0 Å². The molecule has 0 saturated carbocycles. The molecule has 1 atom stereocenters. The van der Waals surface area contributed by atoms with E-state index >= 15 is 0 Å². The van der Waals surface area contributed by atoms with Gasteiger partial charge in [0.2, 0.25) is 0 Å². The summed E-state index contributed by atoms with van der Waals surface area (Å²) >= 11 is 0. The maximum Gasteiger partial charge on any atom is 0.140 e. The molecule has 0 aliphatic carbocycles. The molecule has 0 aliphatic heterocycles. The predicted molar refractivity (Wildman–Crippen MR) is 57.1 cm³/mol. The van der Waals surface area contributed by atoms with Gasteiger partial charge < -0.3 is 10.3 Å². The molecule has 0 radical (unpaired) electrons. The summed E-state index contributed by atoms with van der Waals surface area (Å²) in [6.07, 6.45) is 2.76. The highest BCUT2D eigenvalue weighted by molar-refractivity contribution is 5.07. The Labute approximate surface area is 85.5 Å². The van der Waals surface area contributed by atoms with E-state index in [1.165, 1.54) is 0 Å². The minimum atomic E-state index is -0.0548. The van der Waals surface area contributed by atoms with Crippen molar-refractivity contribution in [3.8, 4) is 0 Å². The lowest BCUT2D eigenvalue weighted by Crippen LogP contribution is -2.34. The summed E-state index contributed by atoms with van der Waals surface area (Å²) in [5, 5.41) is 8.15. The summed E-state index contributed by atoms with van der Waals surface area (Å²) in [5.74, 6) is 0.998. The van der Waals surface area contributed by atoms with Crippen molar-refractivity contribution in [3.05, 3.63) is 12.2 Å². The van der Waals surface area contributed by atoms with E-state index in [9.17, 15) is 0 Å². The van der Waals surface area contributed by atoms with Crippen molar-refractivity contribution in [2.75, 3.05) is 6.54 Å². The van der Waals surface area contributed by atoms with Crippen molar-refractivity contribution in [3.63, 3.8) is 0 Å². The fraction of sp³-hybridized carbons (Fsp3) is 0.800. The second kappa shape index (κ2) is 4.09. The van der Waals surface area contributed by atoms with Crippen LogP contribution in [0, 0.1) is 0 Å². The molecular formula is C10H20N4. The van der Waals surface area contributed by atoms with Crippen LogP contribution in [0.3, 0.4) is 0 Å². The first-order valence-electron chi connectivity index (χ1n) is 5.15. The minimum Gasteiger partial charge on any atom is -0.329 e. The topological polar surface area (TPSA) is 56.7 Å². The molecular weight excluding hydrogens is 176 g/mol. The van der Waals surface area contributed by atoms with Crippen LogP contribution < -0.4 is 5.73 Å². The van der Waals surface area contributed by atoms with Gasteiger partial charge in [-0.25, -0.2) is 0 Å². The number of aromatic nitrogens is 3. The second-order valence-corrected chi connectivity index (χ2v) is 4.27. The summed E-state index contributed by atoms with van der Waals surface area (Å²) in [6, 6.07) is 0.387. The van der Waals surface area contributed by atoms with Crippen molar-refractivity contribution in [1.82, 2.24) is 14.8 Å². The van der Waals surface area contributed by atoms with E-state index in [0.717, 1.165) is 12.2 Å². The number of nitrogens with two attached hydrogens (primary N) is 1. The van der Waals surface area contributed by atoms with E-state index in [0.29, 0.717) is 12.6 Å². The van der Waals surface area contributed by atoms with Crippen LogP contribution in [0.15, 0.2) is 6.33 Å². The van der Waals surface area contributed by atoms with Crippen molar-refractivity contribution >= 4 is 0 Å². The zero-order chi connectivity index (χ0) is 10.8. The Balaban J connectivity index is 3.10. The Morgan fingerprint density at radius 1 is 1.57 bits per heavy atom. The molecule has 0 spiro atoms. The lowest BCUT2D eigenvalue weighted by atomic mass is 9.86.